The van der Waals surface area contributed by atoms with Crippen molar-refractivity contribution < 1.29 is 14.8 Å². The lowest BCUT2D eigenvalue weighted by atomic mass is 10.0. The standard InChI is InChI=1S/C20H14N4O5/c1-11-15(12-7-9-14(10-8-12)20(26)27)18-21-16(13-5-3-2-4-6-13)17(24(28)29)19(25)23(18)22-11/h2-10,22H,1H3,(H,26,27). The molecule has 0 bridgehead atoms. The third-order valence-electron chi connectivity index (χ3n) is 4.59. The first-order chi connectivity index (χ1) is 13.9. The monoisotopic (exact) mass is 390 g/mol. The maximum Gasteiger partial charge on any atom is 0.361 e. The molecule has 0 aliphatic heterocycles. The molecule has 2 N–H and O–H groups in total. The van der Waals surface area contributed by atoms with E-state index < -0.39 is 22.1 Å². The predicted octanol–water partition coefficient (Wildman–Crippen LogP) is 3.27. The number of hydrogen-bond acceptors (Lipinski definition) is 5. The molecule has 0 amide bonds. The number of nitrogens with one attached hydrogen (secondary N) is 1. The summed E-state index contributed by atoms with van der Waals surface area (Å²) in [6.45, 7) is 1.71. The highest BCUT2D eigenvalue weighted by molar-refractivity contribution is 5.89. The Hall–Kier alpha value is -4.27. The molecule has 9 nitrogen and oxygen atoms in total. The van der Waals surface area contributed by atoms with Gasteiger partial charge in [0.1, 0.15) is 0 Å². The van der Waals surface area contributed by atoms with Crippen molar-refractivity contribution in [1.29, 1.82) is 0 Å². The number of fused-ring (bicyclic) bond motifs is 1. The smallest absolute Gasteiger partial charge is 0.361 e. The first-order valence-electron chi connectivity index (χ1n) is 8.57. The Morgan fingerprint density at radius 3 is 2.34 bits per heavy atom. The summed E-state index contributed by atoms with van der Waals surface area (Å²) in [5, 5.41) is 23.5. The fourth-order valence-electron chi connectivity index (χ4n) is 3.26. The highest BCUT2D eigenvalue weighted by atomic mass is 16.6. The van der Waals surface area contributed by atoms with Gasteiger partial charge in [-0.2, -0.15) is 4.52 Å². The van der Waals surface area contributed by atoms with E-state index in [1.54, 1.807) is 49.4 Å². The van der Waals surface area contributed by atoms with Gasteiger partial charge in [0.25, 0.3) is 0 Å². The van der Waals surface area contributed by atoms with Crippen molar-refractivity contribution in [2.75, 3.05) is 0 Å². The van der Waals surface area contributed by atoms with Crippen molar-refractivity contribution in [1.82, 2.24) is 14.6 Å². The molecule has 4 aromatic rings. The van der Waals surface area contributed by atoms with Gasteiger partial charge in [-0.15, -0.1) is 0 Å². The minimum Gasteiger partial charge on any atom is -0.478 e. The van der Waals surface area contributed by atoms with Crippen molar-refractivity contribution in [2.24, 2.45) is 0 Å². The average molecular weight is 390 g/mol. The van der Waals surface area contributed by atoms with Gasteiger partial charge in [-0.1, -0.05) is 42.5 Å². The first-order valence-corrected chi connectivity index (χ1v) is 8.57. The molecule has 0 fully saturated rings. The van der Waals surface area contributed by atoms with Gasteiger partial charge in [0.05, 0.1) is 10.5 Å². The van der Waals surface area contributed by atoms with Gasteiger partial charge in [0.2, 0.25) is 0 Å². The normalized spacial score (nSPS) is 10.9. The van der Waals surface area contributed by atoms with Gasteiger partial charge in [0.15, 0.2) is 11.3 Å². The van der Waals surface area contributed by atoms with E-state index in [2.05, 4.69) is 10.1 Å². The van der Waals surface area contributed by atoms with Crippen LogP contribution < -0.4 is 5.56 Å². The second-order valence-electron chi connectivity index (χ2n) is 6.39. The molecule has 4 rings (SSSR count). The van der Waals surface area contributed by atoms with Crippen molar-refractivity contribution in [3.63, 3.8) is 0 Å². The number of benzene rings is 2. The van der Waals surface area contributed by atoms with E-state index in [1.165, 1.54) is 12.1 Å². The third-order valence-corrected chi connectivity index (χ3v) is 4.59. The van der Waals surface area contributed by atoms with Gasteiger partial charge >= 0.3 is 17.2 Å². The summed E-state index contributed by atoms with van der Waals surface area (Å²) in [6.07, 6.45) is 0. The van der Waals surface area contributed by atoms with Crippen LogP contribution in [-0.2, 0) is 0 Å². The Morgan fingerprint density at radius 2 is 1.76 bits per heavy atom. The van der Waals surface area contributed by atoms with E-state index in [0.29, 0.717) is 22.4 Å². The number of aromatic nitrogens is 3. The van der Waals surface area contributed by atoms with Crippen molar-refractivity contribution in [3.05, 3.63) is 86.3 Å². The molecule has 2 heterocycles. The second kappa shape index (κ2) is 6.71. The summed E-state index contributed by atoms with van der Waals surface area (Å²) in [5.74, 6) is -1.05. The summed E-state index contributed by atoms with van der Waals surface area (Å²) in [7, 11) is 0. The fraction of sp³-hybridized carbons (Fsp3) is 0.0500. The quantitative estimate of drug-likeness (QED) is 0.406. The number of H-pyrrole nitrogens is 1. The summed E-state index contributed by atoms with van der Waals surface area (Å²) in [4.78, 5) is 39.3. The van der Waals surface area contributed by atoms with E-state index in [-0.39, 0.29) is 16.9 Å². The molecule has 0 aliphatic carbocycles. The van der Waals surface area contributed by atoms with Crippen LogP contribution in [0.1, 0.15) is 16.1 Å². The molecule has 0 atom stereocenters. The Morgan fingerprint density at radius 1 is 1.10 bits per heavy atom. The number of rotatable bonds is 4. The molecule has 0 saturated heterocycles. The molecule has 144 valence electrons. The Bertz CT molecular complexity index is 1320. The molecule has 9 heteroatoms. The van der Waals surface area contributed by atoms with Gasteiger partial charge in [0, 0.05) is 16.8 Å². The molecule has 2 aromatic carbocycles. The number of hydrogen-bond donors (Lipinski definition) is 2. The van der Waals surface area contributed by atoms with Crippen LogP contribution in [0.2, 0.25) is 0 Å². The maximum absolute atomic E-state index is 12.9. The van der Waals surface area contributed by atoms with E-state index >= 15 is 0 Å². The summed E-state index contributed by atoms with van der Waals surface area (Å²) < 4.78 is 1.04. The molecule has 0 saturated carbocycles. The number of nitro groups is 1. The van der Waals surface area contributed by atoms with Gasteiger partial charge in [-0.05, 0) is 24.6 Å². The van der Waals surface area contributed by atoms with Gasteiger partial charge < -0.3 is 5.11 Å². The van der Waals surface area contributed by atoms with Crippen LogP contribution in [0.25, 0.3) is 28.0 Å². The largest absolute Gasteiger partial charge is 0.478 e. The Labute approximate surface area is 163 Å². The number of carbonyl (C=O) groups is 1. The highest BCUT2D eigenvalue weighted by Crippen LogP contribution is 2.31. The number of carboxylic acid groups (broad SMARTS) is 1. The summed E-state index contributed by atoms with van der Waals surface area (Å²) in [5.41, 5.74) is 1.08. The molecule has 0 radical (unpaired) electrons. The summed E-state index contributed by atoms with van der Waals surface area (Å²) >= 11 is 0. The minimum atomic E-state index is -1.05. The van der Waals surface area contributed by atoms with Crippen molar-refractivity contribution >= 4 is 17.3 Å². The molecule has 0 unspecified atom stereocenters. The maximum atomic E-state index is 12.9. The zero-order chi connectivity index (χ0) is 20.7. The topological polar surface area (TPSA) is 131 Å². The number of aryl methyl sites for hydroxylation is 1. The van der Waals surface area contributed by atoms with Crippen molar-refractivity contribution in [2.45, 2.75) is 6.92 Å². The summed E-state index contributed by atoms with van der Waals surface area (Å²) in [6, 6.07) is 14.6. The number of aromatic amines is 1. The lowest BCUT2D eigenvalue weighted by Gasteiger charge is -2.05. The SMILES string of the molecule is Cc1[nH]n2c(=O)c([N+](=O)[O-])c(-c3ccccc3)nc2c1-c1ccc(C(=O)O)cc1. The number of aromatic carboxylic acids is 1. The number of carboxylic acids is 1. The van der Waals surface area contributed by atoms with Crippen molar-refractivity contribution in [3.8, 4) is 22.4 Å². The van der Waals surface area contributed by atoms with E-state index in [9.17, 15) is 19.7 Å². The van der Waals surface area contributed by atoms with Crippen LogP contribution in [0.5, 0.6) is 0 Å². The van der Waals surface area contributed by atoms with Gasteiger partial charge in [-0.25, -0.2) is 9.78 Å². The molecular formula is C20H14N4O5. The average Bonchev–Trinajstić information content (AvgIpc) is 3.04. The van der Waals surface area contributed by atoms with E-state index in [0.717, 1.165) is 4.52 Å². The number of nitrogens with zero attached hydrogens (tertiary/aromatic N) is 3. The lowest BCUT2D eigenvalue weighted by molar-refractivity contribution is -0.385. The Kier molecular flexibility index (Phi) is 4.19. The highest BCUT2D eigenvalue weighted by Gasteiger charge is 2.27. The minimum absolute atomic E-state index is 0.0250. The molecular weight excluding hydrogens is 376 g/mol. The van der Waals surface area contributed by atoms with Crippen LogP contribution >= 0.6 is 0 Å². The zero-order valence-electron chi connectivity index (χ0n) is 15.1. The molecule has 0 spiro atoms. The predicted molar refractivity (Wildman–Crippen MR) is 105 cm³/mol. The lowest BCUT2D eigenvalue weighted by Crippen LogP contribution is -2.20. The zero-order valence-corrected chi connectivity index (χ0v) is 15.1. The second-order valence-corrected chi connectivity index (χ2v) is 6.39. The fourth-order valence-corrected chi connectivity index (χ4v) is 3.26. The van der Waals surface area contributed by atoms with E-state index in [4.69, 9.17) is 5.11 Å². The molecule has 0 aliphatic rings. The Balaban J connectivity index is 2.04. The van der Waals surface area contributed by atoms with Crippen LogP contribution in [0.4, 0.5) is 5.69 Å². The van der Waals surface area contributed by atoms with Gasteiger partial charge in [-0.3, -0.25) is 20.0 Å². The van der Waals surface area contributed by atoms with E-state index in [1.807, 2.05) is 0 Å². The van der Waals surface area contributed by atoms with Crippen LogP contribution in [0.15, 0.2) is 59.4 Å². The third kappa shape index (κ3) is 2.94. The van der Waals surface area contributed by atoms with Crippen LogP contribution in [-0.4, -0.2) is 30.6 Å². The van der Waals surface area contributed by atoms with Crippen LogP contribution in [0.3, 0.4) is 0 Å². The molecule has 2 aromatic heterocycles. The molecule has 29 heavy (non-hydrogen) atoms. The first kappa shape index (κ1) is 18.1. The van der Waals surface area contributed by atoms with Crippen LogP contribution in [0, 0.1) is 17.0 Å².